The van der Waals surface area contributed by atoms with Gasteiger partial charge in [0.05, 0.1) is 12.0 Å². The van der Waals surface area contributed by atoms with Crippen LogP contribution in [-0.4, -0.2) is 85.2 Å². The molecule has 2 aromatic rings. The van der Waals surface area contributed by atoms with Gasteiger partial charge in [-0.3, -0.25) is 14.4 Å². The minimum atomic E-state index is -4.31. The molecule has 0 spiro atoms. The third-order valence-electron chi connectivity index (χ3n) is 7.28. The van der Waals surface area contributed by atoms with Gasteiger partial charge in [0.15, 0.2) is 0 Å². The molecular weight excluding hydrogens is 518 g/mol. The summed E-state index contributed by atoms with van der Waals surface area (Å²) in [5.74, 6) is -1.41. The van der Waals surface area contributed by atoms with E-state index in [0.717, 1.165) is 29.0 Å². The molecule has 2 aliphatic heterocycles. The van der Waals surface area contributed by atoms with Crippen molar-refractivity contribution in [3.8, 4) is 0 Å². The monoisotopic (exact) mass is 549 g/mol. The summed E-state index contributed by atoms with van der Waals surface area (Å²) in [7, 11) is -3.13. The first-order valence-corrected chi connectivity index (χ1v) is 14.3. The Bertz CT molecular complexity index is 1310. The van der Waals surface area contributed by atoms with E-state index in [0.29, 0.717) is 23.5 Å². The van der Waals surface area contributed by atoms with Crippen LogP contribution in [-0.2, 0) is 29.1 Å². The Morgan fingerprint density at radius 3 is 2.35 bits per heavy atom. The van der Waals surface area contributed by atoms with Crippen molar-refractivity contribution in [3.63, 3.8) is 0 Å². The quantitative estimate of drug-likeness (QED) is 0.492. The number of piperidine rings is 1. The lowest BCUT2D eigenvalue weighted by atomic mass is 10.1. The number of methoxy groups -OCH3 is 1. The van der Waals surface area contributed by atoms with E-state index >= 15 is 0 Å². The average molecular weight is 550 g/mol. The van der Waals surface area contributed by atoms with Gasteiger partial charge in [0, 0.05) is 24.7 Å². The molecule has 37 heavy (non-hydrogen) atoms. The molecule has 2 saturated heterocycles. The van der Waals surface area contributed by atoms with E-state index in [-0.39, 0.29) is 23.8 Å². The van der Waals surface area contributed by atoms with Crippen molar-refractivity contribution in [1.29, 1.82) is 0 Å². The van der Waals surface area contributed by atoms with E-state index in [1.165, 1.54) is 31.1 Å². The van der Waals surface area contributed by atoms with Crippen LogP contribution in [0.3, 0.4) is 0 Å². The maximum Gasteiger partial charge on any atom is 0.323 e. The zero-order valence-corrected chi connectivity index (χ0v) is 22.8. The van der Waals surface area contributed by atoms with Gasteiger partial charge in [-0.15, -0.1) is 0 Å². The molecule has 2 fully saturated rings. The number of halogens is 1. The number of carbonyl (C=O) groups is 3. The Kier molecular flexibility index (Phi) is 8.11. The first-order valence-electron chi connectivity index (χ1n) is 12.5. The molecule has 2 aromatic carbocycles. The van der Waals surface area contributed by atoms with E-state index < -0.39 is 40.0 Å². The van der Waals surface area contributed by atoms with Crippen molar-refractivity contribution in [3.05, 3.63) is 41.4 Å². The molecular formula is C26H32ClN3O6S. The number of hydrogen-bond acceptors (Lipinski definition) is 6. The Labute approximate surface area is 222 Å². The number of ether oxygens (including phenoxy) is 1. The van der Waals surface area contributed by atoms with E-state index in [1.54, 1.807) is 36.1 Å². The van der Waals surface area contributed by atoms with Crippen LogP contribution in [0.1, 0.15) is 39.5 Å². The number of amides is 2. The lowest BCUT2D eigenvalue weighted by Crippen LogP contribution is -2.54. The van der Waals surface area contributed by atoms with E-state index in [4.69, 9.17) is 16.3 Å². The van der Waals surface area contributed by atoms with Crippen molar-refractivity contribution in [2.24, 2.45) is 0 Å². The van der Waals surface area contributed by atoms with Gasteiger partial charge < -0.3 is 14.5 Å². The first kappa shape index (κ1) is 27.3. The number of sulfonamides is 1. The summed E-state index contributed by atoms with van der Waals surface area (Å²) >= 11 is 6.06. The topological polar surface area (TPSA) is 104 Å². The molecule has 11 heteroatoms. The van der Waals surface area contributed by atoms with Crippen LogP contribution in [0, 0.1) is 0 Å². The summed E-state index contributed by atoms with van der Waals surface area (Å²) in [6.07, 6.45) is 3.08. The molecule has 2 amide bonds. The lowest BCUT2D eigenvalue weighted by Gasteiger charge is -2.34. The third kappa shape index (κ3) is 5.32. The maximum absolute atomic E-state index is 13.9. The molecule has 9 nitrogen and oxygen atoms in total. The van der Waals surface area contributed by atoms with Gasteiger partial charge in [0.2, 0.25) is 21.8 Å². The van der Waals surface area contributed by atoms with Crippen molar-refractivity contribution in [2.45, 2.75) is 62.6 Å². The van der Waals surface area contributed by atoms with Gasteiger partial charge in [-0.1, -0.05) is 23.7 Å². The van der Waals surface area contributed by atoms with Crippen LogP contribution in [0.5, 0.6) is 0 Å². The molecule has 0 aliphatic carbocycles. The van der Waals surface area contributed by atoms with Crippen molar-refractivity contribution < 1.29 is 27.5 Å². The number of rotatable bonds is 7. The SMILES string of the molecule is COC(=O)C(C)N([C@H]1CCN([C@@H](C)C(=O)N2CCCCC2)C1=O)S(=O)(=O)c1ccc2cc(Cl)ccc2c1. The van der Waals surface area contributed by atoms with Gasteiger partial charge in [0.25, 0.3) is 0 Å². The van der Waals surface area contributed by atoms with Crippen LogP contribution in [0.2, 0.25) is 5.02 Å². The predicted octanol–water partition coefficient (Wildman–Crippen LogP) is 3.05. The second kappa shape index (κ2) is 11.0. The van der Waals surface area contributed by atoms with Crippen LogP contribution in [0.4, 0.5) is 0 Å². The Morgan fingerprint density at radius 2 is 1.68 bits per heavy atom. The van der Waals surface area contributed by atoms with Gasteiger partial charge in [-0.25, -0.2) is 8.42 Å². The molecule has 2 heterocycles. The van der Waals surface area contributed by atoms with Gasteiger partial charge in [-0.2, -0.15) is 4.31 Å². The second-order valence-corrected chi connectivity index (χ2v) is 11.9. The fraction of sp³-hybridized carbons (Fsp3) is 0.500. The molecule has 0 saturated carbocycles. The molecule has 0 aromatic heterocycles. The molecule has 0 N–H and O–H groups in total. The largest absolute Gasteiger partial charge is 0.468 e. The molecule has 200 valence electrons. The minimum Gasteiger partial charge on any atom is -0.468 e. The normalized spacial score (nSPS) is 20.4. The smallest absolute Gasteiger partial charge is 0.323 e. The van der Waals surface area contributed by atoms with Crippen LogP contribution in [0.15, 0.2) is 41.3 Å². The van der Waals surface area contributed by atoms with Crippen molar-refractivity contribution in [1.82, 2.24) is 14.1 Å². The number of hydrogen-bond donors (Lipinski definition) is 0. The van der Waals surface area contributed by atoms with Crippen molar-refractivity contribution in [2.75, 3.05) is 26.7 Å². The van der Waals surface area contributed by atoms with Gasteiger partial charge in [0.1, 0.15) is 18.1 Å². The zero-order chi connectivity index (χ0) is 26.9. The molecule has 3 atom stereocenters. The summed E-state index contributed by atoms with van der Waals surface area (Å²) in [5.41, 5.74) is 0. The number of fused-ring (bicyclic) bond motifs is 1. The summed E-state index contributed by atoms with van der Waals surface area (Å²) in [6.45, 7) is 4.60. The maximum atomic E-state index is 13.9. The Hall–Kier alpha value is -2.69. The molecule has 0 bridgehead atoms. The number of nitrogens with zero attached hydrogens (tertiary/aromatic N) is 3. The van der Waals surface area contributed by atoms with Gasteiger partial charge in [-0.05, 0) is 74.6 Å². The first-order chi connectivity index (χ1) is 17.6. The highest BCUT2D eigenvalue weighted by atomic mass is 35.5. The fourth-order valence-corrected chi connectivity index (χ4v) is 7.19. The number of esters is 1. The molecule has 0 radical (unpaired) electrons. The zero-order valence-electron chi connectivity index (χ0n) is 21.2. The Balaban J connectivity index is 1.66. The summed E-state index contributed by atoms with van der Waals surface area (Å²) in [4.78, 5) is 42.4. The third-order valence-corrected chi connectivity index (χ3v) is 9.50. The summed E-state index contributed by atoms with van der Waals surface area (Å²) < 4.78 is 33.7. The Morgan fingerprint density at radius 1 is 1.03 bits per heavy atom. The summed E-state index contributed by atoms with van der Waals surface area (Å²) in [5, 5.41) is 1.93. The van der Waals surface area contributed by atoms with Crippen LogP contribution >= 0.6 is 11.6 Å². The van der Waals surface area contributed by atoms with E-state index in [1.807, 2.05) is 0 Å². The highest BCUT2D eigenvalue weighted by molar-refractivity contribution is 7.89. The number of carbonyl (C=O) groups excluding carboxylic acids is 3. The summed E-state index contributed by atoms with van der Waals surface area (Å²) in [6, 6.07) is 6.55. The molecule has 2 aliphatic rings. The average Bonchev–Trinajstić information content (AvgIpc) is 3.27. The minimum absolute atomic E-state index is 0.0539. The van der Waals surface area contributed by atoms with E-state index in [9.17, 15) is 22.8 Å². The number of likely N-dealkylation sites (tertiary alicyclic amines) is 2. The van der Waals surface area contributed by atoms with Crippen LogP contribution in [0.25, 0.3) is 10.8 Å². The fourth-order valence-electron chi connectivity index (χ4n) is 5.22. The second-order valence-electron chi connectivity index (χ2n) is 9.59. The molecule has 1 unspecified atom stereocenters. The lowest BCUT2D eigenvalue weighted by molar-refractivity contribution is -0.148. The highest BCUT2D eigenvalue weighted by Crippen LogP contribution is 2.31. The van der Waals surface area contributed by atoms with E-state index in [2.05, 4.69) is 0 Å². The van der Waals surface area contributed by atoms with Gasteiger partial charge >= 0.3 is 5.97 Å². The standard InChI is InChI=1S/C26H32ClN3O6S/c1-17(24(31)28-12-5-4-6-13-28)29-14-11-23(25(29)32)30(18(2)26(33)36-3)37(34,35)22-10-8-19-15-21(27)9-7-20(19)16-22/h7-10,15-18,23H,4-6,11-14H2,1-3H3/t17-,18?,23-/m0/s1. The highest BCUT2D eigenvalue weighted by Gasteiger charge is 2.48. The van der Waals surface area contributed by atoms with Crippen molar-refractivity contribution >= 4 is 50.2 Å². The predicted molar refractivity (Wildman–Crippen MR) is 139 cm³/mol. The van der Waals surface area contributed by atoms with Crippen LogP contribution < -0.4 is 0 Å². The molecule has 4 rings (SSSR count). The number of benzene rings is 2.